The third-order valence-electron chi connectivity index (χ3n) is 3.19. The molecule has 1 amide bonds. The van der Waals surface area contributed by atoms with E-state index in [0.717, 1.165) is 16.1 Å². The number of anilines is 1. The number of hydrogen-bond donors (Lipinski definition) is 1. The Labute approximate surface area is 135 Å². The van der Waals surface area contributed by atoms with Crippen molar-refractivity contribution in [2.75, 3.05) is 23.7 Å². The van der Waals surface area contributed by atoms with E-state index in [-0.39, 0.29) is 24.8 Å². The Balaban J connectivity index is 1.99. The second-order valence-corrected chi connectivity index (χ2v) is 7.16. The molecule has 0 aliphatic heterocycles. The summed E-state index contributed by atoms with van der Waals surface area (Å²) >= 11 is 0. The normalized spacial score (nSPS) is 11.3. The number of nitrogens with one attached hydrogen (secondary N) is 1. The number of sulfonamides is 1. The smallest absolute Gasteiger partial charge is 0.251 e. The highest BCUT2D eigenvalue weighted by atomic mass is 32.2. The number of aromatic nitrogens is 1. The van der Waals surface area contributed by atoms with E-state index in [1.54, 1.807) is 19.1 Å². The Hall–Kier alpha value is -2.35. The summed E-state index contributed by atoms with van der Waals surface area (Å²) in [5.74, 6) is 0.460. The Morgan fingerprint density at radius 2 is 1.91 bits per heavy atom. The van der Waals surface area contributed by atoms with Crippen LogP contribution >= 0.6 is 0 Å². The van der Waals surface area contributed by atoms with Crippen LogP contribution in [0.15, 0.2) is 34.9 Å². The molecule has 23 heavy (non-hydrogen) atoms. The van der Waals surface area contributed by atoms with Gasteiger partial charge in [0, 0.05) is 18.2 Å². The van der Waals surface area contributed by atoms with Gasteiger partial charge >= 0.3 is 0 Å². The molecule has 0 atom stereocenters. The van der Waals surface area contributed by atoms with Crippen LogP contribution in [-0.2, 0) is 10.0 Å². The summed E-state index contributed by atoms with van der Waals surface area (Å²) in [6.07, 6.45) is 1.08. The molecule has 0 spiro atoms. The molecule has 0 aliphatic carbocycles. The van der Waals surface area contributed by atoms with Gasteiger partial charge in [-0.05, 0) is 26.0 Å². The average molecular weight is 337 g/mol. The van der Waals surface area contributed by atoms with Gasteiger partial charge in [0.1, 0.15) is 5.76 Å². The molecule has 1 heterocycles. The Bertz CT molecular complexity index is 781. The number of rotatable bonds is 6. The van der Waals surface area contributed by atoms with Crippen LogP contribution in [0.4, 0.5) is 5.82 Å². The number of nitrogens with zero attached hydrogens (tertiary/aromatic N) is 2. The fourth-order valence-electron chi connectivity index (χ4n) is 2.00. The third-order valence-corrected chi connectivity index (χ3v) is 4.36. The van der Waals surface area contributed by atoms with Gasteiger partial charge in [0.2, 0.25) is 10.0 Å². The molecule has 8 heteroatoms. The second-order valence-electron chi connectivity index (χ2n) is 5.25. The van der Waals surface area contributed by atoms with Crippen molar-refractivity contribution in [3.63, 3.8) is 0 Å². The molecule has 0 saturated carbocycles. The highest BCUT2D eigenvalue weighted by molar-refractivity contribution is 7.92. The zero-order chi connectivity index (χ0) is 17.0. The minimum Gasteiger partial charge on any atom is -0.360 e. The highest BCUT2D eigenvalue weighted by Crippen LogP contribution is 2.16. The van der Waals surface area contributed by atoms with E-state index in [9.17, 15) is 13.2 Å². The minimum atomic E-state index is -3.51. The number of hydrogen-bond acceptors (Lipinski definition) is 5. The first kappa shape index (κ1) is 17.0. The maximum atomic E-state index is 12.0. The van der Waals surface area contributed by atoms with Crippen LogP contribution < -0.4 is 9.62 Å². The van der Waals surface area contributed by atoms with Crippen molar-refractivity contribution >= 4 is 21.7 Å². The number of aryl methyl sites for hydroxylation is 2. The highest BCUT2D eigenvalue weighted by Gasteiger charge is 2.20. The lowest BCUT2D eigenvalue weighted by Gasteiger charge is -2.19. The number of benzene rings is 1. The van der Waals surface area contributed by atoms with Crippen LogP contribution in [0.1, 0.15) is 21.7 Å². The molecule has 1 aromatic heterocycles. The van der Waals surface area contributed by atoms with Gasteiger partial charge in [-0.15, -0.1) is 0 Å². The van der Waals surface area contributed by atoms with Crippen LogP contribution in [0.3, 0.4) is 0 Å². The van der Waals surface area contributed by atoms with E-state index in [1.807, 2.05) is 19.1 Å². The van der Waals surface area contributed by atoms with Crippen molar-refractivity contribution < 1.29 is 17.7 Å². The van der Waals surface area contributed by atoms with Gasteiger partial charge in [0.05, 0.1) is 12.8 Å². The largest absolute Gasteiger partial charge is 0.360 e. The molecule has 0 saturated heterocycles. The summed E-state index contributed by atoms with van der Waals surface area (Å²) in [7, 11) is -3.51. The van der Waals surface area contributed by atoms with Crippen molar-refractivity contribution in [1.82, 2.24) is 10.5 Å². The van der Waals surface area contributed by atoms with Gasteiger partial charge in [-0.25, -0.2) is 12.7 Å². The van der Waals surface area contributed by atoms with Crippen molar-refractivity contribution in [1.29, 1.82) is 0 Å². The summed E-state index contributed by atoms with van der Waals surface area (Å²) in [5, 5.41) is 6.40. The predicted octanol–water partition coefficient (Wildman–Crippen LogP) is 1.49. The van der Waals surface area contributed by atoms with Gasteiger partial charge in [0.15, 0.2) is 5.82 Å². The number of carbonyl (C=O) groups excluding carboxylic acids is 1. The molecule has 0 bridgehead atoms. The molecule has 7 nitrogen and oxygen atoms in total. The standard InChI is InChI=1S/C15H19N3O4S/c1-11-4-6-13(7-5-11)15(19)16-8-9-18(23(3,20)21)14-10-12(2)22-17-14/h4-7,10H,8-9H2,1-3H3,(H,16,19). The topological polar surface area (TPSA) is 92.5 Å². The quantitative estimate of drug-likeness (QED) is 0.862. The summed E-state index contributed by atoms with van der Waals surface area (Å²) < 4.78 is 29.7. The van der Waals surface area contributed by atoms with Gasteiger partial charge in [-0.3, -0.25) is 4.79 Å². The van der Waals surface area contributed by atoms with Gasteiger partial charge < -0.3 is 9.84 Å². The maximum Gasteiger partial charge on any atom is 0.251 e. The van der Waals surface area contributed by atoms with Crippen LogP contribution in [-0.4, -0.2) is 38.8 Å². The SMILES string of the molecule is Cc1ccc(C(=O)NCCN(c2cc(C)on2)S(C)(=O)=O)cc1. The molecule has 0 aliphatic rings. The Kier molecular flexibility index (Phi) is 5.05. The van der Waals surface area contributed by atoms with Crippen LogP contribution in [0, 0.1) is 13.8 Å². The van der Waals surface area contributed by atoms with Crippen LogP contribution in [0.2, 0.25) is 0 Å². The fraction of sp³-hybridized carbons (Fsp3) is 0.333. The summed E-state index contributed by atoms with van der Waals surface area (Å²) in [6, 6.07) is 8.66. The molecular weight excluding hydrogens is 318 g/mol. The van der Waals surface area contributed by atoms with E-state index < -0.39 is 10.0 Å². The Morgan fingerprint density at radius 1 is 1.26 bits per heavy atom. The van der Waals surface area contributed by atoms with Gasteiger partial charge in [-0.2, -0.15) is 0 Å². The second kappa shape index (κ2) is 6.82. The average Bonchev–Trinajstić information content (AvgIpc) is 2.88. The molecule has 2 rings (SSSR count). The summed E-state index contributed by atoms with van der Waals surface area (Å²) in [6.45, 7) is 3.84. The monoisotopic (exact) mass is 337 g/mol. The van der Waals surface area contributed by atoms with Crippen molar-refractivity contribution in [3.8, 4) is 0 Å². The molecule has 0 fully saturated rings. The maximum absolute atomic E-state index is 12.0. The zero-order valence-electron chi connectivity index (χ0n) is 13.2. The first-order valence-electron chi connectivity index (χ1n) is 7.03. The summed E-state index contributed by atoms with van der Waals surface area (Å²) in [5.41, 5.74) is 1.59. The third kappa shape index (κ3) is 4.56. The molecule has 0 unspecified atom stereocenters. The van der Waals surface area contributed by atoms with E-state index in [1.165, 1.54) is 6.07 Å². The Morgan fingerprint density at radius 3 is 2.43 bits per heavy atom. The molecule has 2 aromatic rings. The lowest BCUT2D eigenvalue weighted by Crippen LogP contribution is -2.38. The first-order chi connectivity index (χ1) is 10.8. The lowest BCUT2D eigenvalue weighted by molar-refractivity contribution is 0.0955. The zero-order valence-corrected chi connectivity index (χ0v) is 14.1. The number of carbonyl (C=O) groups is 1. The van der Waals surface area contributed by atoms with Crippen LogP contribution in [0.25, 0.3) is 0 Å². The van der Waals surface area contributed by atoms with Crippen molar-refractivity contribution in [2.24, 2.45) is 0 Å². The minimum absolute atomic E-state index is 0.0718. The molecule has 1 aromatic carbocycles. The van der Waals surface area contributed by atoms with Crippen LogP contribution in [0.5, 0.6) is 0 Å². The van der Waals surface area contributed by atoms with E-state index >= 15 is 0 Å². The summed E-state index contributed by atoms with van der Waals surface area (Å²) in [4.78, 5) is 12.0. The molecule has 1 N–H and O–H groups in total. The molecule has 0 radical (unpaired) electrons. The van der Waals surface area contributed by atoms with Gasteiger partial charge in [0.25, 0.3) is 5.91 Å². The molecule has 124 valence electrons. The van der Waals surface area contributed by atoms with E-state index in [2.05, 4.69) is 10.5 Å². The van der Waals surface area contributed by atoms with E-state index in [4.69, 9.17) is 4.52 Å². The predicted molar refractivity (Wildman–Crippen MR) is 86.9 cm³/mol. The molecular formula is C15H19N3O4S. The van der Waals surface area contributed by atoms with E-state index in [0.29, 0.717) is 11.3 Å². The lowest BCUT2D eigenvalue weighted by atomic mass is 10.1. The van der Waals surface area contributed by atoms with Gasteiger partial charge in [-0.1, -0.05) is 22.9 Å². The van der Waals surface area contributed by atoms with Crippen molar-refractivity contribution in [3.05, 3.63) is 47.2 Å². The van der Waals surface area contributed by atoms with Crippen molar-refractivity contribution in [2.45, 2.75) is 13.8 Å². The first-order valence-corrected chi connectivity index (χ1v) is 8.88. The number of amides is 1. The fourth-order valence-corrected chi connectivity index (χ4v) is 2.85.